The highest BCUT2D eigenvalue weighted by molar-refractivity contribution is 6.25. The molecule has 0 radical (unpaired) electrons. The Balaban J connectivity index is 1.73. The predicted molar refractivity (Wildman–Crippen MR) is 93.3 cm³/mol. The van der Waals surface area contributed by atoms with Crippen LogP contribution >= 0.6 is 0 Å². The van der Waals surface area contributed by atoms with E-state index >= 15 is 0 Å². The zero-order valence-electron chi connectivity index (χ0n) is 13.3. The summed E-state index contributed by atoms with van der Waals surface area (Å²) in [6, 6.07) is 17.9. The molecule has 0 saturated heterocycles. The molecule has 0 bridgehead atoms. The molecule has 2 amide bonds. The molecular formula is C21H15NO3. The molecule has 0 unspecified atom stereocenters. The van der Waals surface area contributed by atoms with Crippen molar-refractivity contribution in [2.75, 3.05) is 0 Å². The highest BCUT2D eigenvalue weighted by Crippen LogP contribution is 2.40. The maximum Gasteiger partial charge on any atom is 0.262 e. The van der Waals surface area contributed by atoms with E-state index in [0.717, 1.165) is 16.5 Å². The number of fused-ring (bicyclic) bond motifs is 1. The fourth-order valence-corrected chi connectivity index (χ4v) is 4.17. The van der Waals surface area contributed by atoms with E-state index in [1.54, 1.807) is 12.1 Å². The first-order valence-corrected chi connectivity index (χ1v) is 8.32. The Kier molecular flexibility index (Phi) is 2.88. The van der Waals surface area contributed by atoms with Crippen LogP contribution in [0.1, 0.15) is 37.9 Å². The normalized spacial score (nSPS) is 21.7. The second kappa shape index (κ2) is 5.01. The molecule has 0 spiro atoms. The van der Waals surface area contributed by atoms with E-state index in [4.69, 9.17) is 0 Å². The number of aliphatic hydroxyl groups is 1. The molecule has 2 atom stereocenters. The zero-order chi connectivity index (χ0) is 17.1. The lowest BCUT2D eigenvalue weighted by Gasteiger charge is -2.33. The molecule has 1 heterocycles. The zero-order valence-corrected chi connectivity index (χ0v) is 13.3. The van der Waals surface area contributed by atoms with Crippen molar-refractivity contribution in [1.82, 2.24) is 4.90 Å². The molecule has 0 saturated carbocycles. The Morgan fingerprint density at radius 1 is 0.840 bits per heavy atom. The van der Waals surface area contributed by atoms with Crippen molar-refractivity contribution >= 4 is 22.6 Å². The third-order valence-corrected chi connectivity index (χ3v) is 5.25. The predicted octanol–water partition coefficient (Wildman–Crippen LogP) is 3.09. The molecule has 3 aromatic rings. The van der Waals surface area contributed by atoms with Crippen LogP contribution in [0.25, 0.3) is 10.8 Å². The second-order valence-electron chi connectivity index (χ2n) is 6.60. The second-order valence-corrected chi connectivity index (χ2v) is 6.60. The Morgan fingerprint density at radius 3 is 2.16 bits per heavy atom. The third kappa shape index (κ3) is 1.86. The molecule has 0 aromatic heterocycles. The number of carbonyl (C=O) groups excluding carboxylic acids is 2. The SMILES string of the molecule is O=C1c2cccc3cccc(c23)C(=O)N1[C@@H]1c2ccccc2C[C@@H]1O. The average molecular weight is 329 g/mol. The van der Waals surface area contributed by atoms with Crippen LogP contribution < -0.4 is 0 Å². The maximum atomic E-state index is 13.1. The van der Waals surface area contributed by atoms with Gasteiger partial charge in [0.15, 0.2) is 0 Å². The minimum Gasteiger partial charge on any atom is -0.390 e. The van der Waals surface area contributed by atoms with Crippen LogP contribution in [0, 0.1) is 0 Å². The van der Waals surface area contributed by atoms with Gasteiger partial charge in [0, 0.05) is 22.9 Å². The number of benzene rings is 3. The topological polar surface area (TPSA) is 57.6 Å². The summed E-state index contributed by atoms with van der Waals surface area (Å²) < 4.78 is 0. The van der Waals surface area contributed by atoms with Gasteiger partial charge in [-0.15, -0.1) is 0 Å². The minimum atomic E-state index is -0.783. The third-order valence-electron chi connectivity index (χ3n) is 5.25. The van der Waals surface area contributed by atoms with Gasteiger partial charge in [0.1, 0.15) is 0 Å². The van der Waals surface area contributed by atoms with Gasteiger partial charge in [-0.2, -0.15) is 0 Å². The van der Waals surface area contributed by atoms with E-state index in [1.807, 2.05) is 48.5 Å². The molecule has 25 heavy (non-hydrogen) atoms. The number of imide groups is 1. The van der Waals surface area contributed by atoms with Gasteiger partial charge >= 0.3 is 0 Å². The summed E-state index contributed by atoms with van der Waals surface area (Å²) in [5, 5.41) is 12.2. The van der Waals surface area contributed by atoms with Crippen LogP contribution in [-0.4, -0.2) is 27.9 Å². The van der Waals surface area contributed by atoms with E-state index in [-0.39, 0.29) is 11.8 Å². The van der Waals surface area contributed by atoms with Crippen LogP contribution in [0.4, 0.5) is 0 Å². The number of nitrogens with zero attached hydrogens (tertiary/aromatic N) is 1. The number of rotatable bonds is 1. The molecule has 122 valence electrons. The van der Waals surface area contributed by atoms with Crippen LogP contribution in [0.3, 0.4) is 0 Å². The molecule has 4 heteroatoms. The van der Waals surface area contributed by atoms with Gasteiger partial charge in [0.2, 0.25) is 0 Å². The summed E-state index contributed by atoms with van der Waals surface area (Å²) in [6.07, 6.45) is -0.334. The minimum absolute atomic E-state index is 0.338. The molecule has 1 aliphatic carbocycles. The smallest absolute Gasteiger partial charge is 0.262 e. The molecule has 0 fully saturated rings. The van der Waals surface area contributed by atoms with Gasteiger partial charge in [0.05, 0.1) is 12.1 Å². The first kappa shape index (κ1) is 14.4. The van der Waals surface area contributed by atoms with Crippen molar-refractivity contribution in [3.05, 3.63) is 82.9 Å². The number of aliphatic hydroxyl groups excluding tert-OH is 1. The average Bonchev–Trinajstić information content (AvgIpc) is 2.96. The van der Waals surface area contributed by atoms with Crippen LogP contribution in [0.2, 0.25) is 0 Å². The highest BCUT2D eigenvalue weighted by Gasteiger charge is 2.44. The Labute approximate surface area is 144 Å². The molecule has 1 N–H and O–H groups in total. The lowest BCUT2D eigenvalue weighted by molar-refractivity contribution is 0.0340. The van der Waals surface area contributed by atoms with Crippen molar-refractivity contribution < 1.29 is 14.7 Å². The monoisotopic (exact) mass is 329 g/mol. The van der Waals surface area contributed by atoms with Crippen molar-refractivity contribution in [1.29, 1.82) is 0 Å². The maximum absolute atomic E-state index is 13.1. The highest BCUT2D eigenvalue weighted by atomic mass is 16.3. The molecular weight excluding hydrogens is 314 g/mol. The fraction of sp³-hybridized carbons (Fsp3) is 0.143. The van der Waals surface area contributed by atoms with Gasteiger partial charge in [-0.25, -0.2) is 0 Å². The van der Waals surface area contributed by atoms with Crippen molar-refractivity contribution in [3.63, 3.8) is 0 Å². The molecule has 1 aliphatic heterocycles. The van der Waals surface area contributed by atoms with Crippen molar-refractivity contribution in [3.8, 4) is 0 Å². The lowest BCUT2D eigenvalue weighted by Crippen LogP contribution is -2.45. The Bertz CT molecular complexity index is 1010. The van der Waals surface area contributed by atoms with Crippen LogP contribution in [0.5, 0.6) is 0 Å². The Hall–Kier alpha value is -2.98. The quantitative estimate of drug-likeness (QED) is 0.698. The van der Waals surface area contributed by atoms with E-state index in [9.17, 15) is 14.7 Å². The molecule has 3 aromatic carbocycles. The largest absolute Gasteiger partial charge is 0.390 e. The van der Waals surface area contributed by atoms with Crippen LogP contribution in [-0.2, 0) is 6.42 Å². The van der Waals surface area contributed by atoms with Gasteiger partial charge in [-0.1, -0.05) is 48.5 Å². The lowest BCUT2D eigenvalue weighted by atomic mass is 9.92. The van der Waals surface area contributed by atoms with E-state index in [2.05, 4.69) is 0 Å². The van der Waals surface area contributed by atoms with Crippen molar-refractivity contribution in [2.24, 2.45) is 0 Å². The number of amides is 2. The summed E-state index contributed by atoms with van der Waals surface area (Å²) >= 11 is 0. The summed E-state index contributed by atoms with van der Waals surface area (Å²) in [7, 11) is 0. The van der Waals surface area contributed by atoms with E-state index < -0.39 is 12.1 Å². The summed E-state index contributed by atoms with van der Waals surface area (Å²) in [4.78, 5) is 27.5. The first-order valence-electron chi connectivity index (χ1n) is 8.32. The number of carbonyl (C=O) groups is 2. The van der Waals surface area contributed by atoms with Crippen LogP contribution in [0.15, 0.2) is 60.7 Å². The van der Waals surface area contributed by atoms with E-state index in [1.165, 1.54) is 4.90 Å². The van der Waals surface area contributed by atoms with Gasteiger partial charge < -0.3 is 5.11 Å². The number of hydrogen-bond donors (Lipinski definition) is 1. The van der Waals surface area contributed by atoms with Gasteiger partial charge in [-0.3, -0.25) is 14.5 Å². The van der Waals surface area contributed by atoms with Crippen molar-refractivity contribution in [2.45, 2.75) is 18.6 Å². The van der Waals surface area contributed by atoms with Gasteiger partial charge in [0.25, 0.3) is 11.8 Å². The summed E-state index contributed by atoms with van der Waals surface area (Å²) in [5.74, 6) is -0.676. The Morgan fingerprint density at radius 2 is 1.48 bits per heavy atom. The fourth-order valence-electron chi connectivity index (χ4n) is 4.17. The standard InChI is InChI=1S/C21H15NO3/c23-17-11-13-5-1-2-8-14(13)19(17)22-20(24)15-9-3-6-12-7-4-10-16(18(12)15)21(22)25/h1-10,17,19,23H,11H2/t17-,19+/m0/s1. The van der Waals surface area contributed by atoms with E-state index in [0.29, 0.717) is 22.9 Å². The summed E-state index contributed by atoms with van der Waals surface area (Å²) in [6.45, 7) is 0. The number of hydrogen-bond acceptors (Lipinski definition) is 3. The molecule has 4 nitrogen and oxygen atoms in total. The summed E-state index contributed by atoms with van der Waals surface area (Å²) in [5.41, 5.74) is 2.87. The van der Waals surface area contributed by atoms with Gasteiger partial charge in [-0.05, 0) is 28.6 Å². The molecule has 2 aliphatic rings. The first-order chi connectivity index (χ1) is 12.2. The molecule has 5 rings (SSSR count).